The largest absolute Gasteiger partial charge is 0.497 e. The molecular weight excluding hydrogens is 310 g/mol. The molecule has 0 saturated carbocycles. The summed E-state index contributed by atoms with van der Waals surface area (Å²) >= 11 is 0. The van der Waals surface area contributed by atoms with Crippen LogP contribution in [0.3, 0.4) is 0 Å². The number of likely N-dealkylation sites (tertiary alicyclic amines) is 1. The normalized spacial score (nSPS) is 21.0. The van der Waals surface area contributed by atoms with Crippen LogP contribution in [0.25, 0.3) is 0 Å². The third-order valence-electron chi connectivity index (χ3n) is 4.63. The van der Waals surface area contributed by atoms with E-state index in [1.165, 1.54) is 7.05 Å². The standard InChI is InChI=1S/C17H25N3O4/c1-11(16(21)19-17(22)18-2)20-9-5-6-14(20)13-10-12(23-3)7-8-15(13)24-4/h7-8,10-11,14H,5-6,9H2,1-4H3,(H2,18,19,21,22)/p+1/t11-,14-/m1/s1. The highest BCUT2D eigenvalue weighted by Crippen LogP contribution is 2.31. The minimum atomic E-state index is -0.485. The molecule has 1 saturated heterocycles. The van der Waals surface area contributed by atoms with Crippen LogP contribution in [-0.2, 0) is 4.79 Å². The van der Waals surface area contributed by atoms with E-state index in [0.717, 1.165) is 41.3 Å². The van der Waals surface area contributed by atoms with Gasteiger partial charge in [0.15, 0.2) is 6.04 Å². The van der Waals surface area contributed by atoms with Gasteiger partial charge in [-0.2, -0.15) is 0 Å². The SMILES string of the molecule is CNC(=O)NC(=O)[C@@H](C)[NH+]1CCC[C@@H]1c1cc(OC)ccc1OC. The van der Waals surface area contributed by atoms with Gasteiger partial charge in [0.1, 0.15) is 17.5 Å². The summed E-state index contributed by atoms with van der Waals surface area (Å²) in [6.07, 6.45) is 1.97. The lowest BCUT2D eigenvalue weighted by molar-refractivity contribution is -0.932. The second-order valence-electron chi connectivity index (χ2n) is 5.92. The molecule has 0 spiro atoms. The van der Waals surface area contributed by atoms with Crippen molar-refractivity contribution in [3.05, 3.63) is 23.8 Å². The Hall–Kier alpha value is -2.28. The minimum Gasteiger partial charge on any atom is -0.497 e. The highest BCUT2D eigenvalue weighted by Gasteiger charge is 2.39. The molecule has 0 bridgehead atoms. The Morgan fingerprint density at radius 2 is 2.04 bits per heavy atom. The summed E-state index contributed by atoms with van der Waals surface area (Å²) in [4.78, 5) is 24.8. The maximum absolute atomic E-state index is 12.3. The summed E-state index contributed by atoms with van der Waals surface area (Å²) in [7, 11) is 4.76. The molecule has 1 aromatic rings. The molecule has 1 fully saturated rings. The van der Waals surface area contributed by atoms with Gasteiger partial charge in [0.2, 0.25) is 0 Å². The first kappa shape index (κ1) is 18.1. The average Bonchev–Trinajstić information content (AvgIpc) is 3.09. The van der Waals surface area contributed by atoms with Crippen molar-refractivity contribution in [3.63, 3.8) is 0 Å². The Balaban J connectivity index is 2.24. The predicted octanol–water partition coefficient (Wildman–Crippen LogP) is 0.268. The average molecular weight is 336 g/mol. The van der Waals surface area contributed by atoms with Crippen molar-refractivity contribution >= 4 is 11.9 Å². The third kappa shape index (κ3) is 3.79. The number of rotatable bonds is 5. The van der Waals surface area contributed by atoms with Crippen LogP contribution >= 0.6 is 0 Å². The van der Waals surface area contributed by atoms with Crippen molar-refractivity contribution in [2.45, 2.75) is 31.8 Å². The van der Waals surface area contributed by atoms with E-state index < -0.39 is 6.03 Å². The van der Waals surface area contributed by atoms with E-state index in [4.69, 9.17) is 9.47 Å². The van der Waals surface area contributed by atoms with E-state index in [0.29, 0.717) is 0 Å². The number of methoxy groups -OCH3 is 2. The molecule has 1 aromatic carbocycles. The lowest BCUT2D eigenvalue weighted by Gasteiger charge is -2.28. The number of imide groups is 1. The highest BCUT2D eigenvalue weighted by molar-refractivity contribution is 5.96. The molecule has 3 atom stereocenters. The molecule has 7 heteroatoms. The van der Waals surface area contributed by atoms with E-state index in [9.17, 15) is 9.59 Å². The number of carbonyl (C=O) groups excluding carboxylic acids is 2. The van der Waals surface area contributed by atoms with E-state index in [1.54, 1.807) is 14.2 Å². The van der Waals surface area contributed by atoms with Crippen molar-refractivity contribution in [2.75, 3.05) is 27.8 Å². The quantitative estimate of drug-likeness (QED) is 0.721. The molecule has 1 unspecified atom stereocenters. The predicted molar refractivity (Wildman–Crippen MR) is 89.4 cm³/mol. The second-order valence-corrected chi connectivity index (χ2v) is 5.92. The molecule has 0 aromatic heterocycles. The van der Waals surface area contributed by atoms with Crippen LogP contribution in [0.15, 0.2) is 18.2 Å². The number of amides is 3. The first-order chi connectivity index (χ1) is 11.5. The lowest BCUT2D eigenvalue weighted by Crippen LogP contribution is -3.15. The maximum Gasteiger partial charge on any atom is 0.321 e. The summed E-state index contributed by atoms with van der Waals surface area (Å²) in [5.74, 6) is 1.27. The van der Waals surface area contributed by atoms with E-state index in [1.807, 2.05) is 25.1 Å². The van der Waals surface area contributed by atoms with Gasteiger partial charge in [-0.3, -0.25) is 10.1 Å². The molecule has 1 aliphatic heterocycles. The molecule has 7 nitrogen and oxygen atoms in total. The van der Waals surface area contributed by atoms with Crippen molar-refractivity contribution in [2.24, 2.45) is 0 Å². The minimum absolute atomic E-state index is 0.125. The van der Waals surface area contributed by atoms with Gasteiger partial charge in [0, 0.05) is 19.9 Å². The van der Waals surface area contributed by atoms with Gasteiger partial charge in [0.25, 0.3) is 5.91 Å². The Morgan fingerprint density at radius 3 is 2.67 bits per heavy atom. The van der Waals surface area contributed by atoms with Gasteiger partial charge >= 0.3 is 6.03 Å². The summed E-state index contributed by atoms with van der Waals surface area (Å²) < 4.78 is 10.8. The molecule has 24 heavy (non-hydrogen) atoms. The smallest absolute Gasteiger partial charge is 0.321 e. The number of urea groups is 1. The number of benzene rings is 1. The second kappa shape index (κ2) is 8.01. The van der Waals surface area contributed by atoms with Gasteiger partial charge in [-0.1, -0.05) is 0 Å². The molecule has 0 radical (unpaired) electrons. The molecule has 3 amide bonds. The number of hydrogen-bond acceptors (Lipinski definition) is 4. The summed E-state index contributed by atoms with van der Waals surface area (Å²) in [6, 6.07) is 5.02. The fourth-order valence-electron chi connectivity index (χ4n) is 3.31. The van der Waals surface area contributed by atoms with Gasteiger partial charge in [-0.25, -0.2) is 4.79 Å². The molecular formula is C17H26N3O4+. The van der Waals surface area contributed by atoms with Crippen LogP contribution in [0.5, 0.6) is 11.5 Å². The van der Waals surface area contributed by atoms with Crippen LogP contribution in [0.1, 0.15) is 31.4 Å². The van der Waals surface area contributed by atoms with Gasteiger partial charge in [-0.15, -0.1) is 0 Å². The Kier molecular flexibility index (Phi) is 6.03. The molecule has 3 N–H and O–H groups in total. The number of nitrogens with one attached hydrogen (secondary N) is 3. The lowest BCUT2D eigenvalue weighted by atomic mass is 10.0. The monoisotopic (exact) mass is 336 g/mol. The Morgan fingerprint density at radius 1 is 1.29 bits per heavy atom. The van der Waals surface area contributed by atoms with E-state index in [-0.39, 0.29) is 18.0 Å². The summed E-state index contributed by atoms with van der Waals surface area (Å²) in [5, 5.41) is 4.76. The summed E-state index contributed by atoms with van der Waals surface area (Å²) in [5.41, 5.74) is 1.03. The first-order valence-electron chi connectivity index (χ1n) is 8.11. The Labute approximate surface area is 142 Å². The maximum atomic E-state index is 12.3. The van der Waals surface area contributed by atoms with E-state index >= 15 is 0 Å². The fourth-order valence-corrected chi connectivity index (χ4v) is 3.31. The van der Waals surface area contributed by atoms with Gasteiger partial charge < -0.3 is 19.7 Å². The molecule has 2 rings (SSSR count). The molecule has 132 valence electrons. The molecule has 1 aliphatic rings. The van der Waals surface area contributed by atoms with Crippen LogP contribution < -0.4 is 25.0 Å². The van der Waals surface area contributed by atoms with Crippen LogP contribution in [0.4, 0.5) is 4.79 Å². The van der Waals surface area contributed by atoms with Crippen LogP contribution in [0, 0.1) is 0 Å². The van der Waals surface area contributed by atoms with Crippen LogP contribution in [-0.4, -0.2) is 45.8 Å². The third-order valence-corrected chi connectivity index (χ3v) is 4.63. The van der Waals surface area contributed by atoms with Gasteiger partial charge in [-0.05, 0) is 25.1 Å². The van der Waals surface area contributed by atoms with Crippen molar-refractivity contribution in [3.8, 4) is 11.5 Å². The van der Waals surface area contributed by atoms with Crippen molar-refractivity contribution in [1.29, 1.82) is 0 Å². The Bertz CT molecular complexity index is 605. The topological polar surface area (TPSA) is 81.1 Å². The first-order valence-corrected chi connectivity index (χ1v) is 8.11. The van der Waals surface area contributed by atoms with Crippen LogP contribution in [0.2, 0.25) is 0 Å². The zero-order chi connectivity index (χ0) is 17.7. The number of hydrogen-bond donors (Lipinski definition) is 3. The number of carbonyl (C=O) groups is 2. The zero-order valence-electron chi connectivity index (χ0n) is 14.6. The summed E-state index contributed by atoms with van der Waals surface area (Å²) in [6.45, 7) is 2.71. The molecule has 1 heterocycles. The van der Waals surface area contributed by atoms with Crippen molar-refractivity contribution in [1.82, 2.24) is 10.6 Å². The number of quaternary nitrogens is 1. The zero-order valence-corrected chi connectivity index (χ0v) is 14.6. The van der Waals surface area contributed by atoms with Crippen molar-refractivity contribution < 1.29 is 24.0 Å². The van der Waals surface area contributed by atoms with Gasteiger partial charge in [0.05, 0.1) is 26.3 Å². The highest BCUT2D eigenvalue weighted by atomic mass is 16.5. The fraction of sp³-hybridized carbons (Fsp3) is 0.529. The molecule has 0 aliphatic carbocycles. The number of ether oxygens (including phenoxy) is 2. The van der Waals surface area contributed by atoms with E-state index in [2.05, 4.69) is 10.6 Å².